The van der Waals surface area contributed by atoms with Gasteiger partial charge in [-0.1, -0.05) is 13.0 Å². The number of hydrogen-bond donors (Lipinski definition) is 1. The number of aryl methyl sites for hydroxylation is 2. The van der Waals surface area contributed by atoms with Gasteiger partial charge in [0.2, 0.25) is 5.95 Å². The lowest BCUT2D eigenvalue weighted by molar-refractivity contribution is 0.909. The van der Waals surface area contributed by atoms with Gasteiger partial charge in [0.25, 0.3) is 0 Å². The van der Waals surface area contributed by atoms with E-state index in [2.05, 4.69) is 33.8 Å². The largest absolute Gasteiger partial charge is 0.348 e. The number of nitrogens with one attached hydrogen (secondary N) is 1. The van der Waals surface area contributed by atoms with Gasteiger partial charge < -0.3 is 5.32 Å². The second kappa shape index (κ2) is 5.01. The lowest BCUT2D eigenvalue weighted by Crippen LogP contribution is -2.01. The van der Waals surface area contributed by atoms with Gasteiger partial charge in [0.05, 0.1) is 6.54 Å². The summed E-state index contributed by atoms with van der Waals surface area (Å²) in [6.07, 6.45) is 1.07. The molecule has 0 aliphatic carbocycles. The van der Waals surface area contributed by atoms with Crippen LogP contribution in [0.25, 0.3) is 5.65 Å². The quantitative estimate of drug-likeness (QED) is 0.792. The molecule has 5 heteroatoms. The predicted molar refractivity (Wildman–Crippen MR) is 78.7 cm³/mol. The Morgan fingerprint density at radius 1 is 1.32 bits per heavy atom. The number of hydrogen-bond acceptors (Lipinski definition) is 4. The van der Waals surface area contributed by atoms with E-state index in [1.807, 2.05) is 29.6 Å². The summed E-state index contributed by atoms with van der Waals surface area (Å²) < 4.78 is 1.86. The van der Waals surface area contributed by atoms with Crippen LogP contribution >= 0.6 is 11.3 Å². The molecular weight excluding hydrogens is 256 g/mol. The van der Waals surface area contributed by atoms with Crippen LogP contribution in [0.1, 0.15) is 23.1 Å². The number of rotatable bonds is 4. The Kier molecular flexibility index (Phi) is 3.21. The van der Waals surface area contributed by atoms with E-state index in [0.29, 0.717) is 5.95 Å². The van der Waals surface area contributed by atoms with Gasteiger partial charge in [-0.15, -0.1) is 16.4 Å². The third-order valence-corrected chi connectivity index (χ3v) is 4.14. The predicted octanol–water partition coefficient (Wildman–Crippen LogP) is 3.27. The van der Waals surface area contributed by atoms with Crippen molar-refractivity contribution in [2.75, 3.05) is 5.32 Å². The molecule has 19 heavy (non-hydrogen) atoms. The summed E-state index contributed by atoms with van der Waals surface area (Å²) in [5, 5.41) is 9.91. The van der Waals surface area contributed by atoms with Crippen LogP contribution in [-0.4, -0.2) is 14.6 Å². The van der Waals surface area contributed by atoms with Gasteiger partial charge in [0, 0.05) is 10.6 Å². The lowest BCUT2D eigenvalue weighted by atomic mass is 10.2. The zero-order chi connectivity index (χ0) is 13.2. The van der Waals surface area contributed by atoms with Crippen LogP contribution in [0.3, 0.4) is 0 Å². The first-order chi connectivity index (χ1) is 9.28. The average Bonchev–Trinajstić information content (AvgIpc) is 3.02. The maximum Gasteiger partial charge on any atom is 0.243 e. The molecule has 3 heterocycles. The van der Waals surface area contributed by atoms with Crippen molar-refractivity contribution in [2.24, 2.45) is 0 Å². The Morgan fingerprint density at radius 3 is 3.00 bits per heavy atom. The van der Waals surface area contributed by atoms with Gasteiger partial charge in [-0.2, -0.15) is 4.98 Å². The smallest absolute Gasteiger partial charge is 0.243 e. The maximum absolute atomic E-state index is 4.47. The number of pyridine rings is 1. The highest BCUT2D eigenvalue weighted by atomic mass is 32.1. The van der Waals surface area contributed by atoms with Crippen molar-refractivity contribution in [1.82, 2.24) is 14.6 Å². The molecule has 3 aromatic rings. The summed E-state index contributed by atoms with van der Waals surface area (Å²) in [7, 11) is 0. The van der Waals surface area contributed by atoms with Crippen molar-refractivity contribution in [3.8, 4) is 0 Å². The summed E-state index contributed by atoms with van der Waals surface area (Å²) in [5.74, 6) is 0.685. The van der Waals surface area contributed by atoms with Crippen molar-refractivity contribution in [3.63, 3.8) is 0 Å². The van der Waals surface area contributed by atoms with Crippen LogP contribution in [0, 0.1) is 6.92 Å². The summed E-state index contributed by atoms with van der Waals surface area (Å²) in [4.78, 5) is 5.83. The molecule has 0 radical (unpaired) electrons. The van der Waals surface area contributed by atoms with Crippen LogP contribution < -0.4 is 5.32 Å². The molecule has 0 spiro atoms. The summed E-state index contributed by atoms with van der Waals surface area (Å²) in [5.41, 5.74) is 3.37. The molecule has 0 aliphatic heterocycles. The van der Waals surface area contributed by atoms with E-state index in [4.69, 9.17) is 0 Å². The van der Waals surface area contributed by atoms with Crippen molar-refractivity contribution in [2.45, 2.75) is 26.8 Å². The highest BCUT2D eigenvalue weighted by molar-refractivity contribution is 7.10. The zero-order valence-electron chi connectivity index (χ0n) is 11.1. The Labute approximate surface area is 116 Å². The maximum atomic E-state index is 4.47. The number of anilines is 1. The minimum absolute atomic E-state index is 0.685. The molecule has 98 valence electrons. The number of aromatic nitrogens is 3. The first-order valence-corrected chi connectivity index (χ1v) is 7.27. The van der Waals surface area contributed by atoms with Gasteiger partial charge in [-0.25, -0.2) is 4.52 Å². The van der Waals surface area contributed by atoms with Gasteiger partial charge >= 0.3 is 0 Å². The van der Waals surface area contributed by atoms with Gasteiger partial charge in [-0.05, 0) is 42.5 Å². The van der Waals surface area contributed by atoms with Gasteiger partial charge in [0.1, 0.15) is 0 Å². The molecule has 1 N–H and O–H groups in total. The fourth-order valence-corrected chi connectivity index (χ4v) is 3.02. The lowest BCUT2D eigenvalue weighted by Gasteiger charge is -2.01. The van der Waals surface area contributed by atoms with Crippen molar-refractivity contribution in [3.05, 3.63) is 45.8 Å². The second-order valence-electron chi connectivity index (χ2n) is 4.45. The molecular formula is C14H16N4S. The third-order valence-electron chi connectivity index (χ3n) is 3.17. The summed E-state index contributed by atoms with van der Waals surface area (Å²) in [6.45, 7) is 4.99. The molecule has 0 aliphatic rings. The molecule has 4 nitrogen and oxygen atoms in total. The van der Waals surface area contributed by atoms with E-state index in [0.717, 1.165) is 24.3 Å². The van der Waals surface area contributed by atoms with E-state index in [1.54, 1.807) is 11.3 Å². The molecule has 3 rings (SSSR count). The van der Waals surface area contributed by atoms with Crippen LogP contribution in [0.5, 0.6) is 0 Å². The highest BCUT2D eigenvalue weighted by Crippen LogP contribution is 2.18. The van der Waals surface area contributed by atoms with E-state index in [1.165, 1.54) is 10.4 Å². The molecule has 0 aromatic carbocycles. The molecule has 0 amide bonds. The molecule has 0 fully saturated rings. The molecule has 0 atom stereocenters. The molecule has 3 aromatic heterocycles. The number of nitrogens with zero attached hydrogens (tertiary/aromatic N) is 3. The van der Waals surface area contributed by atoms with Crippen molar-refractivity contribution >= 4 is 22.9 Å². The SMILES string of the molecule is CCc1ccsc1CNc1nc2cccc(C)n2n1. The van der Waals surface area contributed by atoms with E-state index in [-0.39, 0.29) is 0 Å². The Bertz CT molecular complexity index is 698. The topological polar surface area (TPSA) is 42.2 Å². The summed E-state index contributed by atoms with van der Waals surface area (Å²) in [6, 6.07) is 8.17. The van der Waals surface area contributed by atoms with Crippen molar-refractivity contribution in [1.29, 1.82) is 0 Å². The van der Waals surface area contributed by atoms with E-state index >= 15 is 0 Å². The third kappa shape index (κ3) is 2.33. The van der Waals surface area contributed by atoms with Crippen LogP contribution in [-0.2, 0) is 13.0 Å². The molecule has 0 saturated heterocycles. The van der Waals surface area contributed by atoms with Crippen LogP contribution in [0.2, 0.25) is 0 Å². The molecule has 0 unspecified atom stereocenters. The molecule has 0 saturated carbocycles. The first kappa shape index (κ1) is 12.2. The number of thiophene rings is 1. The second-order valence-corrected chi connectivity index (χ2v) is 5.45. The van der Waals surface area contributed by atoms with E-state index in [9.17, 15) is 0 Å². The van der Waals surface area contributed by atoms with Gasteiger partial charge in [0.15, 0.2) is 5.65 Å². The summed E-state index contributed by atoms with van der Waals surface area (Å²) >= 11 is 1.78. The highest BCUT2D eigenvalue weighted by Gasteiger charge is 2.06. The fraction of sp³-hybridized carbons (Fsp3) is 0.286. The zero-order valence-corrected chi connectivity index (χ0v) is 11.9. The minimum atomic E-state index is 0.685. The normalized spacial score (nSPS) is 11.1. The van der Waals surface area contributed by atoms with E-state index < -0.39 is 0 Å². The Hall–Kier alpha value is -1.88. The minimum Gasteiger partial charge on any atom is -0.348 e. The monoisotopic (exact) mass is 272 g/mol. The Morgan fingerprint density at radius 2 is 2.21 bits per heavy atom. The van der Waals surface area contributed by atoms with Crippen LogP contribution in [0.15, 0.2) is 29.6 Å². The van der Waals surface area contributed by atoms with Gasteiger partial charge in [-0.3, -0.25) is 0 Å². The number of fused-ring (bicyclic) bond motifs is 1. The standard InChI is InChI=1S/C14H16N4S/c1-3-11-7-8-19-12(11)9-15-14-16-13-6-4-5-10(2)18(13)17-14/h4-8H,3,9H2,1-2H3,(H,15,17). The molecule has 0 bridgehead atoms. The van der Waals surface area contributed by atoms with Crippen molar-refractivity contribution < 1.29 is 0 Å². The first-order valence-electron chi connectivity index (χ1n) is 6.39. The Balaban J connectivity index is 1.80. The average molecular weight is 272 g/mol. The van der Waals surface area contributed by atoms with Crippen LogP contribution in [0.4, 0.5) is 5.95 Å². The fourth-order valence-electron chi connectivity index (χ4n) is 2.11.